The zero-order valence-corrected chi connectivity index (χ0v) is 9.57. The van der Waals surface area contributed by atoms with Crippen molar-refractivity contribution in [1.29, 1.82) is 5.26 Å². The van der Waals surface area contributed by atoms with E-state index in [-0.39, 0.29) is 0 Å². The lowest BCUT2D eigenvalue weighted by molar-refractivity contribution is -0.137. The van der Waals surface area contributed by atoms with Gasteiger partial charge in [0, 0.05) is 0 Å². The molecule has 0 saturated carbocycles. The van der Waals surface area contributed by atoms with Crippen LogP contribution in [0.1, 0.15) is 36.5 Å². The lowest BCUT2D eigenvalue weighted by atomic mass is 9.97. The second-order valence-corrected chi connectivity index (χ2v) is 4.30. The molecule has 0 aromatic heterocycles. The molecule has 1 saturated heterocycles. The molecular weight excluding hydrogens is 243 g/mol. The minimum Gasteiger partial charge on any atom is -0.355 e. The van der Waals surface area contributed by atoms with Gasteiger partial charge in [-0.05, 0) is 37.0 Å². The number of rotatable bonds is 1. The van der Waals surface area contributed by atoms with Gasteiger partial charge in [-0.2, -0.15) is 18.4 Å². The second kappa shape index (κ2) is 4.99. The molecule has 5 heteroatoms. The molecule has 0 spiro atoms. The molecule has 1 aromatic carbocycles. The highest BCUT2D eigenvalue weighted by Gasteiger charge is 2.31. The van der Waals surface area contributed by atoms with Crippen LogP contribution in [0, 0.1) is 11.3 Å². The SMILES string of the molecule is N#C[C@@H]1CCC[C@H](c2cccc(C(F)(F)F)c2)O1. The third kappa shape index (κ3) is 2.82. The number of alkyl halides is 3. The van der Waals surface area contributed by atoms with Crippen molar-refractivity contribution in [2.75, 3.05) is 0 Å². The Morgan fingerprint density at radius 2 is 2.06 bits per heavy atom. The fourth-order valence-corrected chi connectivity index (χ4v) is 2.08. The van der Waals surface area contributed by atoms with Gasteiger partial charge in [-0.1, -0.05) is 12.1 Å². The van der Waals surface area contributed by atoms with Crippen LogP contribution in [0.4, 0.5) is 13.2 Å². The first-order valence-electron chi connectivity index (χ1n) is 5.73. The van der Waals surface area contributed by atoms with E-state index in [9.17, 15) is 13.2 Å². The molecular formula is C13H12F3NO. The molecule has 0 amide bonds. The summed E-state index contributed by atoms with van der Waals surface area (Å²) in [6.07, 6.45) is -3.19. The van der Waals surface area contributed by atoms with E-state index in [0.717, 1.165) is 18.6 Å². The molecule has 2 atom stereocenters. The van der Waals surface area contributed by atoms with Gasteiger partial charge in [0.2, 0.25) is 0 Å². The van der Waals surface area contributed by atoms with Crippen molar-refractivity contribution in [3.8, 4) is 6.07 Å². The van der Waals surface area contributed by atoms with E-state index in [2.05, 4.69) is 0 Å². The van der Waals surface area contributed by atoms with Gasteiger partial charge in [0.1, 0.15) is 6.10 Å². The van der Waals surface area contributed by atoms with Gasteiger partial charge >= 0.3 is 6.18 Å². The quantitative estimate of drug-likeness (QED) is 0.763. The number of halogens is 3. The Morgan fingerprint density at radius 3 is 2.72 bits per heavy atom. The first-order chi connectivity index (χ1) is 8.50. The van der Waals surface area contributed by atoms with Crippen LogP contribution < -0.4 is 0 Å². The smallest absolute Gasteiger partial charge is 0.355 e. The van der Waals surface area contributed by atoms with Gasteiger partial charge in [0.25, 0.3) is 0 Å². The summed E-state index contributed by atoms with van der Waals surface area (Å²) in [5.74, 6) is 0. The number of benzene rings is 1. The highest BCUT2D eigenvalue weighted by Crippen LogP contribution is 2.35. The standard InChI is InChI=1S/C13H12F3NO/c14-13(15,16)10-4-1-3-9(7-10)12-6-2-5-11(8-17)18-12/h1,3-4,7,11-12H,2,5-6H2/t11-,12+/m0/s1. The summed E-state index contributed by atoms with van der Waals surface area (Å²) >= 11 is 0. The fourth-order valence-electron chi connectivity index (χ4n) is 2.08. The molecule has 2 rings (SSSR count). The molecule has 0 N–H and O–H groups in total. The number of nitriles is 1. The van der Waals surface area contributed by atoms with Crippen LogP contribution in [0.3, 0.4) is 0 Å². The Morgan fingerprint density at radius 1 is 1.28 bits per heavy atom. The summed E-state index contributed by atoms with van der Waals surface area (Å²) in [7, 11) is 0. The number of hydrogen-bond donors (Lipinski definition) is 0. The van der Waals surface area contributed by atoms with Gasteiger partial charge < -0.3 is 4.74 Å². The van der Waals surface area contributed by atoms with Crippen LogP contribution >= 0.6 is 0 Å². The zero-order chi connectivity index (χ0) is 13.2. The third-order valence-corrected chi connectivity index (χ3v) is 2.99. The summed E-state index contributed by atoms with van der Waals surface area (Å²) < 4.78 is 43.2. The lowest BCUT2D eigenvalue weighted by Gasteiger charge is -2.26. The Hall–Kier alpha value is -1.54. The fraction of sp³-hybridized carbons (Fsp3) is 0.462. The Labute approximate surface area is 103 Å². The predicted octanol–water partition coefficient (Wildman–Crippen LogP) is 3.84. The maximum absolute atomic E-state index is 12.6. The summed E-state index contributed by atoms with van der Waals surface area (Å²) in [5.41, 5.74) is -0.188. The van der Waals surface area contributed by atoms with Crippen LogP contribution in [0.5, 0.6) is 0 Å². The summed E-state index contributed by atoms with van der Waals surface area (Å²) in [5, 5.41) is 8.78. The summed E-state index contributed by atoms with van der Waals surface area (Å²) in [6.45, 7) is 0. The van der Waals surface area contributed by atoms with Crippen molar-refractivity contribution in [3.05, 3.63) is 35.4 Å². The second-order valence-electron chi connectivity index (χ2n) is 4.30. The average molecular weight is 255 g/mol. The summed E-state index contributed by atoms with van der Waals surface area (Å²) in [6, 6.07) is 7.12. The van der Waals surface area contributed by atoms with Gasteiger partial charge in [0.05, 0.1) is 17.7 Å². The van der Waals surface area contributed by atoms with Crippen molar-refractivity contribution in [2.45, 2.75) is 37.6 Å². The minimum atomic E-state index is -4.35. The maximum atomic E-state index is 12.6. The molecule has 1 aliphatic rings. The van der Waals surface area contributed by atoms with E-state index >= 15 is 0 Å². The molecule has 1 heterocycles. The molecule has 0 aliphatic carbocycles. The Balaban J connectivity index is 2.21. The first kappa shape index (κ1) is 12.9. The molecule has 96 valence electrons. The highest BCUT2D eigenvalue weighted by atomic mass is 19.4. The molecule has 0 radical (unpaired) electrons. The van der Waals surface area contributed by atoms with E-state index in [1.54, 1.807) is 6.07 Å². The maximum Gasteiger partial charge on any atom is 0.416 e. The van der Waals surface area contributed by atoms with Gasteiger partial charge in [-0.15, -0.1) is 0 Å². The van der Waals surface area contributed by atoms with Crippen molar-refractivity contribution < 1.29 is 17.9 Å². The first-order valence-corrected chi connectivity index (χ1v) is 5.73. The van der Waals surface area contributed by atoms with Crippen LogP contribution in [0.2, 0.25) is 0 Å². The van der Waals surface area contributed by atoms with E-state index in [1.807, 2.05) is 6.07 Å². The zero-order valence-electron chi connectivity index (χ0n) is 9.57. The molecule has 18 heavy (non-hydrogen) atoms. The van der Waals surface area contributed by atoms with E-state index < -0.39 is 23.9 Å². The van der Waals surface area contributed by atoms with Crippen LogP contribution in [0.25, 0.3) is 0 Å². The van der Waals surface area contributed by atoms with E-state index in [4.69, 9.17) is 10.00 Å². The van der Waals surface area contributed by atoms with E-state index in [0.29, 0.717) is 18.4 Å². The van der Waals surface area contributed by atoms with E-state index in [1.165, 1.54) is 6.07 Å². The predicted molar refractivity (Wildman–Crippen MR) is 58.5 cm³/mol. The highest BCUT2D eigenvalue weighted by molar-refractivity contribution is 5.27. The summed E-state index contributed by atoms with van der Waals surface area (Å²) in [4.78, 5) is 0. The average Bonchev–Trinajstić information content (AvgIpc) is 2.38. The normalized spacial score (nSPS) is 24.6. The molecule has 2 nitrogen and oxygen atoms in total. The minimum absolute atomic E-state index is 0.411. The lowest BCUT2D eigenvalue weighted by Crippen LogP contribution is -2.21. The molecule has 0 bridgehead atoms. The molecule has 1 aliphatic heterocycles. The van der Waals surface area contributed by atoms with Gasteiger partial charge in [-0.3, -0.25) is 0 Å². The Bertz CT molecular complexity index is 464. The van der Waals surface area contributed by atoms with Crippen LogP contribution in [-0.2, 0) is 10.9 Å². The van der Waals surface area contributed by atoms with Crippen LogP contribution in [-0.4, -0.2) is 6.10 Å². The van der Waals surface area contributed by atoms with Crippen molar-refractivity contribution >= 4 is 0 Å². The molecule has 1 fully saturated rings. The van der Waals surface area contributed by atoms with Crippen LogP contribution in [0.15, 0.2) is 24.3 Å². The number of hydrogen-bond acceptors (Lipinski definition) is 2. The third-order valence-electron chi connectivity index (χ3n) is 2.99. The van der Waals surface area contributed by atoms with Gasteiger partial charge in [0.15, 0.2) is 0 Å². The van der Waals surface area contributed by atoms with Crippen molar-refractivity contribution in [1.82, 2.24) is 0 Å². The Kier molecular flexibility index (Phi) is 3.58. The van der Waals surface area contributed by atoms with Crippen molar-refractivity contribution in [2.24, 2.45) is 0 Å². The molecule has 1 aromatic rings. The largest absolute Gasteiger partial charge is 0.416 e. The number of ether oxygens (including phenoxy) is 1. The molecule has 0 unspecified atom stereocenters. The monoisotopic (exact) mass is 255 g/mol. The topological polar surface area (TPSA) is 33.0 Å². The van der Waals surface area contributed by atoms with Gasteiger partial charge in [-0.25, -0.2) is 0 Å². The van der Waals surface area contributed by atoms with Crippen molar-refractivity contribution in [3.63, 3.8) is 0 Å². The number of nitrogens with zero attached hydrogens (tertiary/aromatic N) is 1.